The van der Waals surface area contributed by atoms with Crippen molar-refractivity contribution in [2.75, 3.05) is 147 Å². The zero-order chi connectivity index (χ0) is 89.0. The monoisotopic (exact) mass is 1820 g/mol. The van der Waals surface area contributed by atoms with Crippen molar-refractivity contribution in [2.24, 2.45) is 53.3 Å². The van der Waals surface area contributed by atoms with E-state index in [0.717, 1.165) is 254 Å². The lowest BCUT2D eigenvalue weighted by Gasteiger charge is -2.30. The zero-order valence-electron chi connectivity index (χ0n) is 73.1. The van der Waals surface area contributed by atoms with Crippen molar-refractivity contribution in [3.05, 3.63) is 189 Å². The number of carbonyl (C=O) groups is 4. The number of ether oxygens (including phenoxy) is 5. The summed E-state index contributed by atoms with van der Waals surface area (Å²) < 4.78 is 66.5. The lowest BCUT2D eigenvalue weighted by molar-refractivity contribution is -0.182. The number of pyridine rings is 4. The molecule has 0 saturated carbocycles. The van der Waals surface area contributed by atoms with Crippen LogP contribution in [0.2, 0.25) is 20.1 Å². The normalized spacial score (nSPS) is 22.1. The molecule has 127 heavy (non-hydrogen) atoms. The topological polar surface area (TPSA) is 262 Å². The average Bonchev–Trinajstić information content (AvgIpc) is 0.856. The van der Waals surface area contributed by atoms with Crippen LogP contribution >= 0.6 is 46.4 Å². The summed E-state index contributed by atoms with van der Waals surface area (Å²) in [6.45, 7) is 17.8. The Balaban J connectivity index is 0.000000145. The molecule has 16 rings (SSSR count). The number of aromatic nitrogens is 4. The van der Waals surface area contributed by atoms with Crippen molar-refractivity contribution in [1.29, 1.82) is 0 Å². The molecule has 0 aliphatic carbocycles. The van der Waals surface area contributed by atoms with Crippen molar-refractivity contribution >= 4 is 92.3 Å². The van der Waals surface area contributed by atoms with Gasteiger partial charge < -0.3 is 66.2 Å². The van der Waals surface area contributed by atoms with Crippen LogP contribution in [0.3, 0.4) is 0 Å². The molecule has 21 nitrogen and oxygen atoms in total. The van der Waals surface area contributed by atoms with Crippen molar-refractivity contribution in [2.45, 2.75) is 147 Å². The van der Waals surface area contributed by atoms with Gasteiger partial charge in [-0.2, -0.15) is 13.2 Å². The zero-order valence-corrected chi connectivity index (χ0v) is 76.2. The SMILES string of the molecule is CO[C@H]1CNC[C@@H]1C(=O)Cc1cc(-c2cccc(NCC3CCOCC3)c2)c(Cl)cn1.C[C@@H]1CC[C@H](C(=O)Cc2cc(-c3cccc(NCC4CCOCC4)c3)c(Cl)cn2)CN1.C[C@H]1CC[C@@H](C(=O)Cc2cc(-c3cccc(NCC4CCOCC4)c3)c(Cl)cn2)CN1.O=C(Cc1cc(-c2cccc(NCC3CCOCC3)c2)c(Cl)cn1)[C@H]1CNC[C@@H](C(F)(F)F)C1. The maximum Gasteiger partial charge on any atom is 0.393 e. The minimum absolute atomic E-state index is 0.0250. The Bertz CT molecular complexity index is 4740. The molecule has 8 fully saturated rings. The molecule has 0 radical (unpaired) electrons. The molecule has 8 N–H and O–H groups in total. The first kappa shape index (κ1) is 96.5. The van der Waals surface area contributed by atoms with Gasteiger partial charge in [-0.3, -0.25) is 39.1 Å². The van der Waals surface area contributed by atoms with Gasteiger partial charge in [-0.25, -0.2) is 0 Å². The highest BCUT2D eigenvalue weighted by Gasteiger charge is 2.44. The van der Waals surface area contributed by atoms with Gasteiger partial charge in [0.15, 0.2) is 0 Å². The molecule has 8 atom stereocenters. The maximum absolute atomic E-state index is 13.1. The summed E-state index contributed by atoms with van der Waals surface area (Å²) in [7, 11) is 1.65. The Hall–Kier alpha value is -8.05. The fourth-order valence-electron chi connectivity index (χ4n) is 17.7. The van der Waals surface area contributed by atoms with Gasteiger partial charge in [0.2, 0.25) is 0 Å². The van der Waals surface area contributed by atoms with E-state index in [1.54, 1.807) is 31.8 Å². The fraction of sp³-hybridized carbons (Fsp3) is 0.515. The number of piperidine rings is 3. The number of nitrogens with one attached hydrogen (secondary N) is 8. The summed E-state index contributed by atoms with van der Waals surface area (Å²) in [6.07, 6.45) is 15.6. The lowest BCUT2D eigenvalue weighted by atomic mass is 9.85. The van der Waals surface area contributed by atoms with Crippen LogP contribution in [0.15, 0.2) is 146 Å². The number of nitrogens with zero attached hydrogens (tertiary/aromatic N) is 4. The van der Waals surface area contributed by atoms with Crippen LogP contribution in [0.5, 0.6) is 0 Å². The van der Waals surface area contributed by atoms with Crippen LogP contribution in [0, 0.1) is 53.3 Å². The van der Waals surface area contributed by atoms with E-state index in [4.69, 9.17) is 70.1 Å². The molecule has 682 valence electrons. The second kappa shape index (κ2) is 48.7. The van der Waals surface area contributed by atoms with E-state index < -0.39 is 18.0 Å². The number of halogens is 7. The quantitative estimate of drug-likeness (QED) is 0.0217. The highest BCUT2D eigenvalue weighted by Crippen LogP contribution is 2.38. The highest BCUT2D eigenvalue weighted by molar-refractivity contribution is 6.34. The van der Waals surface area contributed by atoms with Gasteiger partial charge in [-0.15, -0.1) is 0 Å². The molecule has 4 aromatic carbocycles. The number of benzene rings is 4. The Kier molecular flexibility index (Phi) is 37.0. The van der Waals surface area contributed by atoms with E-state index in [1.807, 2.05) is 66.7 Å². The molecule has 0 unspecified atom stereocenters. The minimum Gasteiger partial charge on any atom is -0.385 e. The third kappa shape index (κ3) is 29.5. The van der Waals surface area contributed by atoms with E-state index in [2.05, 4.69) is 125 Å². The van der Waals surface area contributed by atoms with E-state index >= 15 is 0 Å². The number of hydrogen-bond acceptors (Lipinski definition) is 21. The highest BCUT2D eigenvalue weighted by atomic mass is 35.5. The molecular formula is C99H123Cl4F3N12O9. The van der Waals surface area contributed by atoms with Gasteiger partial charge in [0.1, 0.15) is 23.1 Å². The predicted molar refractivity (Wildman–Crippen MR) is 500 cm³/mol. The van der Waals surface area contributed by atoms with Gasteiger partial charge in [-0.05, 0) is 216 Å². The number of methoxy groups -OCH3 is 1. The second-order valence-corrected chi connectivity index (χ2v) is 36.9. The van der Waals surface area contributed by atoms with Crippen LogP contribution < -0.4 is 42.5 Å². The first-order valence-corrected chi connectivity index (χ1v) is 47.0. The maximum atomic E-state index is 13.1. The molecule has 12 heterocycles. The Morgan fingerprint density at radius 3 is 1.00 bits per heavy atom. The Morgan fingerprint density at radius 1 is 0.394 bits per heavy atom. The molecule has 28 heteroatoms. The van der Waals surface area contributed by atoms with Gasteiger partial charge in [0.05, 0.1) is 38.0 Å². The molecule has 8 aromatic rings. The number of alkyl halides is 3. The van der Waals surface area contributed by atoms with E-state index in [0.29, 0.717) is 87.5 Å². The fourth-order valence-corrected chi connectivity index (χ4v) is 18.6. The number of rotatable bonds is 29. The van der Waals surface area contributed by atoms with E-state index in [9.17, 15) is 32.3 Å². The number of carbonyl (C=O) groups excluding carboxylic acids is 4. The molecule has 0 spiro atoms. The van der Waals surface area contributed by atoms with Crippen LogP contribution in [0.1, 0.15) is 120 Å². The lowest BCUT2D eigenvalue weighted by Crippen LogP contribution is -2.45. The number of hydrogen-bond donors (Lipinski definition) is 8. The first-order valence-electron chi connectivity index (χ1n) is 45.4. The summed E-state index contributed by atoms with van der Waals surface area (Å²) in [4.78, 5) is 68.6. The average molecular weight is 1820 g/mol. The number of Topliss-reactive ketones (excluding diaryl/α,β-unsaturated/α-hetero) is 4. The summed E-state index contributed by atoms with van der Waals surface area (Å²) in [5.41, 5.74) is 14.4. The van der Waals surface area contributed by atoms with E-state index in [1.165, 1.54) is 6.20 Å². The van der Waals surface area contributed by atoms with Gasteiger partial charge >= 0.3 is 6.18 Å². The molecule has 4 aromatic heterocycles. The third-order valence-corrected chi connectivity index (χ3v) is 27.1. The summed E-state index contributed by atoms with van der Waals surface area (Å²) in [5.74, 6) is 0.769. The summed E-state index contributed by atoms with van der Waals surface area (Å²) >= 11 is 25.9. The largest absolute Gasteiger partial charge is 0.393 e. The van der Waals surface area contributed by atoms with Crippen LogP contribution in [0.25, 0.3) is 44.5 Å². The third-order valence-electron chi connectivity index (χ3n) is 25.9. The molecule has 0 amide bonds. The van der Waals surface area contributed by atoms with Crippen molar-refractivity contribution in [3.8, 4) is 44.5 Å². The van der Waals surface area contributed by atoms with Gasteiger partial charge in [0.25, 0.3) is 0 Å². The molecule has 0 bridgehead atoms. The van der Waals surface area contributed by atoms with Crippen LogP contribution in [0.4, 0.5) is 35.9 Å². The molecule has 8 saturated heterocycles. The Morgan fingerprint density at radius 2 is 0.701 bits per heavy atom. The van der Waals surface area contributed by atoms with Crippen molar-refractivity contribution < 1.29 is 56.0 Å². The molecule has 8 aliphatic heterocycles. The number of anilines is 4. The predicted octanol–water partition coefficient (Wildman–Crippen LogP) is 18.2. The standard InChI is InChI=1S/C25H29ClF3N3O2.2C25H32ClN3O2.C24H30ClN3O3/c26-23-15-32-21(11-24(33)18-8-19(14-30-13-18)25(27,28)29)10-22(23)17-2-1-3-20(9-17)31-12-16-4-6-34-7-5-16;2*1-17-5-6-20(15-27-17)25(30)13-22-12-23(24(26)16-29-22)19-3-2-4-21(11-19)28-14-18-7-9-31-10-8-18;1-30-24-15-26-13-21(24)23(29)11-19-10-20(22(25)14-28-19)17-3-2-4-18(9-17)27-12-16-5-7-31-8-6-16/h1-3,9-10,15-16,18-19,30-31H,4-8,11-14H2;2*2-4,11-12,16-18,20,27-28H,5-10,13-15H2,1H3;2-4,9-10,14,16,21,24,26-27H,5-8,11-13,15H2,1H3/t18-,19+;2*17-,20+;21-,24+/m1101/s1. The van der Waals surface area contributed by atoms with Crippen LogP contribution in [-0.2, 0) is 68.5 Å². The van der Waals surface area contributed by atoms with Crippen molar-refractivity contribution in [1.82, 2.24) is 41.2 Å². The van der Waals surface area contributed by atoms with Gasteiger partial charge in [-0.1, -0.05) is 94.9 Å². The van der Waals surface area contributed by atoms with E-state index in [-0.39, 0.29) is 79.3 Å². The minimum atomic E-state index is -4.30. The number of ketones is 4. The summed E-state index contributed by atoms with van der Waals surface area (Å²) in [6, 6.07) is 41.3. The Labute approximate surface area is 765 Å². The van der Waals surface area contributed by atoms with Gasteiger partial charge in [0, 0.05) is 273 Å². The van der Waals surface area contributed by atoms with Crippen molar-refractivity contribution in [3.63, 3.8) is 0 Å². The second-order valence-electron chi connectivity index (χ2n) is 35.3. The summed E-state index contributed by atoms with van der Waals surface area (Å²) in [5, 5.41) is 29.2. The van der Waals surface area contributed by atoms with Crippen LogP contribution in [-0.4, -0.2) is 193 Å². The first-order chi connectivity index (χ1) is 61.6. The molecular weight excluding hydrogens is 1700 g/mol. The molecule has 8 aliphatic rings. The smallest absolute Gasteiger partial charge is 0.385 e.